The van der Waals surface area contributed by atoms with Gasteiger partial charge < -0.3 is 15.7 Å². The topological polar surface area (TPSA) is 61.4 Å². The number of amides is 1. The molecule has 0 spiro atoms. The fourth-order valence-corrected chi connectivity index (χ4v) is 2.39. The van der Waals surface area contributed by atoms with Gasteiger partial charge in [-0.15, -0.1) is 0 Å². The molecule has 118 valence electrons. The number of rotatable bonds is 9. The third kappa shape index (κ3) is 6.17. The van der Waals surface area contributed by atoms with Crippen LogP contribution >= 0.6 is 0 Å². The van der Waals surface area contributed by atoms with E-state index in [4.69, 9.17) is 5.11 Å². The summed E-state index contributed by atoms with van der Waals surface area (Å²) in [5, 5.41) is 15.3. The highest BCUT2D eigenvalue weighted by molar-refractivity contribution is 5.99. The number of carbonyl (C=O) groups is 1. The van der Waals surface area contributed by atoms with Gasteiger partial charge in [-0.1, -0.05) is 25.5 Å². The lowest BCUT2D eigenvalue weighted by molar-refractivity contribution is 0.0943. The van der Waals surface area contributed by atoms with Gasteiger partial charge in [0, 0.05) is 24.9 Å². The largest absolute Gasteiger partial charge is 0.396 e. The number of carbonyl (C=O) groups excluding carboxylic acids is 1. The number of hydrogen-bond donors (Lipinski definition) is 3. The summed E-state index contributed by atoms with van der Waals surface area (Å²) in [6.07, 6.45) is 2.82. The van der Waals surface area contributed by atoms with E-state index < -0.39 is 0 Å². The van der Waals surface area contributed by atoms with Crippen molar-refractivity contribution in [3.63, 3.8) is 0 Å². The van der Waals surface area contributed by atoms with E-state index in [2.05, 4.69) is 17.6 Å². The second-order valence-corrected chi connectivity index (χ2v) is 5.72. The van der Waals surface area contributed by atoms with Crippen LogP contribution in [-0.2, 0) is 0 Å². The molecule has 0 aliphatic rings. The molecule has 4 nitrogen and oxygen atoms in total. The zero-order valence-corrected chi connectivity index (χ0v) is 13.4. The molecule has 0 aromatic heterocycles. The minimum absolute atomic E-state index is 0.0576. The van der Waals surface area contributed by atoms with Crippen LogP contribution in [0.4, 0.5) is 5.69 Å². The minimum atomic E-state index is -0.0576. The molecule has 1 unspecified atom stereocenters. The van der Waals surface area contributed by atoms with Gasteiger partial charge in [0.1, 0.15) is 0 Å². The molecule has 21 heavy (non-hydrogen) atoms. The van der Waals surface area contributed by atoms with E-state index in [9.17, 15) is 4.79 Å². The second kappa shape index (κ2) is 9.40. The van der Waals surface area contributed by atoms with Crippen molar-refractivity contribution in [2.75, 3.05) is 18.5 Å². The molecule has 0 aliphatic heterocycles. The Morgan fingerprint density at radius 2 is 1.95 bits per heavy atom. The lowest BCUT2D eigenvalue weighted by Gasteiger charge is -2.18. The Morgan fingerprint density at radius 1 is 1.24 bits per heavy atom. The van der Waals surface area contributed by atoms with Gasteiger partial charge in [0.25, 0.3) is 5.91 Å². The molecule has 3 N–H and O–H groups in total. The van der Waals surface area contributed by atoms with Gasteiger partial charge in [0.15, 0.2) is 0 Å². The Bertz CT molecular complexity index is 427. The van der Waals surface area contributed by atoms with Gasteiger partial charge in [-0.3, -0.25) is 4.79 Å². The number of aliphatic hydroxyl groups excluding tert-OH is 1. The number of anilines is 1. The Hall–Kier alpha value is -1.55. The minimum Gasteiger partial charge on any atom is -0.396 e. The maximum absolute atomic E-state index is 12.3. The van der Waals surface area contributed by atoms with Crippen LogP contribution in [0.1, 0.15) is 50.4 Å². The van der Waals surface area contributed by atoms with Crippen LogP contribution in [0, 0.1) is 5.92 Å². The van der Waals surface area contributed by atoms with E-state index in [-0.39, 0.29) is 18.6 Å². The van der Waals surface area contributed by atoms with Crippen molar-refractivity contribution in [2.45, 2.75) is 46.1 Å². The summed E-state index contributed by atoms with van der Waals surface area (Å²) in [6.45, 7) is 7.00. The van der Waals surface area contributed by atoms with Gasteiger partial charge in [-0.05, 0) is 44.7 Å². The first-order valence-corrected chi connectivity index (χ1v) is 7.83. The van der Waals surface area contributed by atoms with Crippen molar-refractivity contribution >= 4 is 11.6 Å². The van der Waals surface area contributed by atoms with E-state index >= 15 is 0 Å². The lowest BCUT2D eigenvalue weighted by atomic mass is 10.00. The summed E-state index contributed by atoms with van der Waals surface area (Å²) < 4.78 is 0. The van der Waals surface area contributed by atoms with Gasteiger partial charge in [-0.2, -0.15) is 0 Å². The SMILES string of the molecule is CCCC(CCO)CNC(=O)c1ccccc1NC(C)C. The average Bonchev–Trinajstić information content (AvgIpc) is 2.45. The molecule has 0 saturated heterocycles. The molecular weight excluding hydrogens is 264 g/mol. The molecule has 1 amide bonds. The molecule has 0 bridgehead atoms. The van der Waals surface area contributed by atoms with Crippen LogP contribution in [0.25, 0.3) is 0 Å². The van der Waals surface area contributed by atoms with Crippen molar-refractivity contribution in [1.29, 1.82) is 0 Å². The molecule has 1 atom stereocenters. The standard InChI is InChI=1S/C17H28N2O2/c1-4-7-14(10-11-20)12-18-17(21)15-8-5-6-9-16(15)19-13(2)3/h5-6,8-9,13-14,19-20H,4,7,10-12H2,1-3H3,(H,18,21). The Labute approximate surface area is 128 Å². The van der Waals surface area contributed by atoms with E-state index in [0.717, 1.165) is 24.9 Å². The molecule has 0 fully saturated rings. The summed E-state index contributed by atoms with van der Waals surface area (Å²) in [7, 11) is 0. The normalized spacial score (nSPS) is 12.2. The molecule has 1 rings (SSSR count). The van der Waals surface area contributed by atoms with Crippen LogP contribution in [-0.4, -0.2) is 30.2 Å². The number of benzene rings is 1. The fourth-order valence-electron chi connectivity index (χ4n) is 2.39. The fraction of sp³-hybridized carbons (Fsp3) is 0.588. The van der Waals surface area contributed by atoms with Gasteiger partial charge in [0.2, 0.25) is 0 Å². The van der Waals surface area contributed by atoms with Crippen molar-refractivity contribution < 1.29 is 9.90 Å². The summed E-state index contributed by atoms with van der Waals surface area (Å²) in [6, 6.07) is 7.83. The average molecular weight is 292 g/mol. The maximum Gasteiger partial charge on any atom is 0.253 e. The molecule has 0 radical (unpaired) electrons. The molecule has 0 aliphatic carbocycles. The van der Waals surface area contributed by atoms with Gasteiger partial charge >= 0.3 is 0 Å². The van der Waals surface area contributed by atoms with E-state index in [1.807, 2.05) is 38.1 Å². The first kappa shape index (κ1) is 17.5. The molecule has 0 saturated carbocycles. The van der Waals surface area contributed by atoms with Crippen molar-refractivity contribution in [3.8, 4) is 0 Å². The first-order valence-electron chi connectivity index (χ1n) is 7.83. The number of hydrogen-bond acceptors (Lipinski definition) is 3. The second-order valence-electron chi connectivity index (χ2n) is 5.72. The zero-order chi connectivity index (χ0) is 15.7. The third-order valence-corrected chi connectivity index (χ3v) is 3.40. The van der Waals surface area contributed by atoms with Crippen LogP contribution in [0.2, 0.25) is 0 Å². The third-order valence-electron chi connectivity index (χ3n) is 3.40. The van der Waals surface area contributed by atoms with Gasteiger partial charge in [0.05, 0.1) is 5.56 Å². The van der Waals surface area contributed by atoms with E-state index in [1.165, 1.54) is 0 Å². The Balaban J connectivity index is 2.66. The van der Waals surface area contributed by atoms with Crippen LogP contribution < -0.4 is 10.6 Å². The highest BCUT2D eigenvalue weighted by Crippen LogP contribution is 2.16. The highest BCUT2D eigenvalue weighted by Gasteiger charge is 2.13. The maximum atomic E-state index is 12.3. The van der Waals surface area contributed by atoms with Crippen LogP contribution in [0.5, 0.6) is 0 Å². The number of nitrogens with one attached hydrogen (secondary N) is 2. The molecular formula is C17H28N2O2. The van der Waals surface area contributed by atoms with E-state index in [1.54, 1.807) is 0 Å². The predicted octanol–water partition coefficient (Wildman–Crippen LogP) is 3.04. The molecule has 1 aromatic rings. The summed E-state index contributed by atoms with van der Waals surface area (Å²) in [4.78, 5) is 12.3. The number of aliphatic hydroxyl groups is 1. The molecule has 1 aromatic carbocycles. The summed E-state index contributed by atoms with van der Waals surface area (Å²) in [5.74, 6) is 0.284. The lowest BCUT2D eigenvalue weighted by Crippen LogP contribution is -2.30. The first-order chi connectivity index (χ1) is 10.1. The zero-order valence-electron chi connectivity index (χ0n) is 13.4. The van der Waals surface area contributed by atoms with Crippen LogP contribution in [0.3, 0.4) is 0 Å². The predicted molar refractivity (Wildman–Crippen MR) is 87.6 cm³/mol. The quantitative estimate of drug-likeness (QED) is 0.655. The number of para-hydroxylation sites is 1. The summed E-state index contributed by atoms with van der Waals surface area (Å²) in [5.41, 5.74) is 1.53. The highest BCUT2D eigenvalue weighted by atomic mass is 16.3. The van der Waals surface area contributed by atoms with Gasteiger partial charge in [-0.25, -0.2) is 0 Å². The van der Waals surface area contributed by atoms with Crippen molar-refractivity contribution in [1.82, 2.24) is 5.32 Å². The Morgan fingerprint density at radius 3 is 2.57 bits per heavy atom. The van der Waals surface area contributed by atoms with Crippen molar-refractivity contribution in [2.24, 2.45) is 5.92 Å². The molecule has 4 heteroatoms. The smallest absolute Gasteiger partial charge is 0.253 e. The molecule has 0 heterocycles. The van der Waals surface area contributed by atoms with Crippen molar-refractivity contribution in [3.05, 3.63) is 29.8 Å². The Kier molecular flexibility index (Phi) is 7.83. The van der Waals surface area contributed by atoms with Crippen LogP contribution in [0.15, 0.2) is 24.3 Å². The summed E-state index contributed by atoms with van der Waals surface area (Å²) >= 11 is 0. The monoisotopic (exact) mass is 292 g/mol. The van der Waals surface area contributed by atoms with E-state index in [0.29, 0.717) is 18.0 Å².